The first-order valence-corrected chi connectivity index (χ1v) is 8.49. The Hall–Kier alpha value is -1.23. The van der Waals surface area contributed by atoms with Gasteiger partial charge in [0.1, 0.15) is 5.88 Å². The molecule has 128 valence electrons. The normalized spacial score (nSPS) is 16.9. The highest BCUT2D eigenvalue weighted by atomic mass is 35.5. The van der Waals surface area contributed by atoms with E-state index >= 15 is 0 Å². The molecule has 0 saturated heterocycles. The van der Waals surface area contributed by atoms with Crippen LogP contribution in [0, 0.1) is 5.92 Å². The van der Waals surface area contributed by atoms with Crippen LogP contribution in [0.1, 0.15) is 44.1 Å². The summed E-state index contributed by atoms with van der Waals surface area (Å²) in [6, 6.07) is 4.72. The smallest absolute Gasteiger partial charge is 0.311 e. The molecule has 2 nitrogen and oxygen atoms in total. The minimum atomic E-state index is -4.37. The standard InChI is InChI=1S/C17H21ClF3NO/c18-11-16(23)22(12-13-5-3-1-2-4-6-13)15-9-7-14(8-10-15)17(19,20)21/h7-10,13H,1-6,11-12H2. The zero-order valence-electron chi connectivity index (χ0n) is 12.9. The molecule has 1 aliphatic rings. The maximum atomic E-state index is 12.7. The molecule has 0 spiro atoms. The maximum absolute atomic E-state index is 12.7. The summed E-state index contributed by atoms with van der Waals surface area (Å²) in [6.45, 7) is 0.525. The van der Waals surface area contributed by atoms with Gasteiger partial charge in [0.05, 0.1) is 5.56 Å². The number of hydrogen-bond acceptors (Lipinski definition) is 1. The van der Waals surface area contributed by atoms with E-state index in [1.54, 1.807) is 0 Å². The van der Waals surface area contributed by atoms with Crippen molar-refractivity contribution < 1.29 is 18.0 Å². The molecule has 0 aliphatic heterocycles. The summed E-state index contributed by atoms with van der Waals surface area (Å²) in [7, 11) is 0. The molecule has 1 fully saturated rings. The van der Waals surface area contributed by atoms with E-state index in [9.17, 15) is 18.0 Å². The zero-order valence-corrected chi connectivity index (χ0v) is 13.7. The molecule has 0 radical (unpaired) electrons. The molecule has 0 bridgehead atoms. The molecular weight excluding hydrogens is 327 g/mol. The number of carbonyl (C=O) groups excluding carboxylic acids is 1. The van der Waals surface area contributed by atoms with Gasteiger partial charge in [-0.15, -0.1) is 11.6 Å². The lowest BCUT2D eigenvalue weighted by molar-refractivity contribution is -0.137. The van der Waals surface area contributed by atoms with Crippen molar-refractivity contribution in [1.29, 1.82) is 0 Å². The number of rotatable bonds is 4. The van der Waals surface area contributed by atoms with Gasteiger partial charge in [-0.2, -0.15) is 13.2 Å². The van der Waals surface area contributed by atoms with Crippen molar-refractivity contribution in [3.05, 3.63) is 29.8 Å². The minimum Gasteiger partial charge on any atom is -0.311 e. The highest BCUT2D eigenvalue weighted by Gasteiger charge is 2.30. The number of alkyl halides is 4. The highest BCUT2D eigenvalue weighted by molar-refractivity contribution is 6.29. The van der Waals surface area contributed by atoms with E-state index in [0.717, 1.165) is 37.8 Å². The third-order valence-corrected chi connectivity index (χ3v) is 4.57. The molecule has 1 saturated carbocycles. The van der Waals surface area contributed by atoms with Crippen LogP contribution < -0.4 is 4.90 Å². The average Bonchev–Trinajstić information content (AvgIpc) is 2.80. The largest absolute Gasteiger partial charge is 0.416 e. The van der Waals surface area contributed by atoms with E-state index < -0.39 is 11.7 Å². The SMILES string of the molecule is O=C(CCl)N(CC1CCCCCC1)c1ccc(C(F)(F)F)cc1. The first kappa shape index (κ1) is 18.1. The molecular formula is C17H21ClF3NO. The molecule has 2 rings (SSSR count). The predicted octanol–water partition coefficient (Wildman–Crippen LogP) is 5.25. The summed E-state index contributed by atoms with van der Waals surface area (Å²) in [5.74, 6) is -0.0593. The van der Waals surface area contributed by atoms with E-state index in [1.807, 2.05) is 0 Å². The summed E-state index contributed by atoms with van der Waals surface area (Å²) in [6.07, 6.45) is 2.42. The topological polar surface area (TPSA) is 20.3 Å². The van der Waals surface area contributed by atoms with E-state index in [1.165, 1.54) is 29.9 Å². The van der Waals surface area contributed by atoms with Crippen molar-refractivity contribution in [2.24, 2.45) is 5.92 Å². The van der Waals surface area contributed by atoms with Gasteiger partial charge in [-0.25, -0.2) is 0 Å². The lowest BCUT2D eigenvalue weighted by Crippen LogP contribution is -2.36. The van der Waals surface area contributed by atoms with Crippen LogP contribution in [0.4, 0.5) is 18.9 Å². The summed E-state index contributed by atoms with van der Waals surface area (Å²) in [4.78, 5) is 13.7. The number of anilines is 1. The fraction of sp³-hybridized carbons (Fsp3) is 0.588. The number of nitrogens with zero attached hydrogens (tertiary/aromatic N) is 1. The third-order valence-electron chi connectivity index (χ3n) is 4.34. The van der Waals surface area contributed by atoms with Crippen molar-refractivity contribution in [2.45, 2.75) is 44.7 Å². The molecule has 0 atom stereocenters. The lowest BCUT2D eigenvalue weighted by atomic mass is 9.99. The minimum absolute atomic E-state index is 0.173. The Morgan fingerprint density at radius 2 is 1.65 bits per heavy atom. The molecule has 6 heteroatoms. The van der Waals surface area contributed by atoms with Gasteiger partial charge in [0.25, 0.3) is 0 Å². The Kier molecular flexibility index (Phi) is 6.33. The van der Waals surface area contributed by atoms with Crippen LogP contribution in [0.25, 0.3) is 0 Å². The third kappa shape index (κ3) is 5.13. The quantitative estimate of drug-likeness (QED) is 0.538. The summed E-state index contributed by atoms with van der Waals surface area (Å²) in [5, 5.41) is 0. The molecule has 0 aromatic heterocycles. The molecule has 1 amide bonds. The number of benzene rings is 1. The second-order valence-corrected chi connectivity index (χ2v) is 6.31. The molecule has 23 heavy (non-hydrogen) atoms. The lowest BCUT2D eigenvalue weighted by Gasteiger charge is -2.27. The van der Waals surface area contributed by atoms with Gasteiger partial charge in [-0.05, 0) is 43.0 Å². The molecule has 1 aromatic carbocycles. The van der Waals surface area contributed by atoms with Gasteiger partial charge in [-0.1, -0.05) is 25.7 Å². The van der Waals surface area contributed by atoms with E-state index in [0.29, 0.717) is 18.2 Å². The van der Waals surface area contributed by atoms with Gasteiger partial charge < -0.3 is 4.90 Å². The van der Waals surface area contributed by atoms with Gasteiger partial charge in [-0.3, -0.25) is 4.79 Å². The van der Waals surface area contributed by atoms with Crippen LogP contribution in [0.3, 0.4) is 0 Å². The van der Waals surface area contributed by atoms with Crippen molar-refractivity contribution in [1.82, 2.24) is 0 Å². The van der Waals surface area contributed by atoms with E-state index in [-0.39, 0.29) is 11.8 Å². The van der Waals surface area contributed by atoms with Crippen LogP contribution in [-0.2, 0) is 11.0 Å². The number of hydrogen-bond donors (Lipinski definition) is 0. The molecule has 0 N–H and O–H groups in total. The van der Waals surface area contributed by atoms with Gasteiger partial charge in [0.2, 0.25) is 5.91 Å². The summed E-state index contributed by atoms with van der Waals surface area (Å²) >= 11 is 5.68. The summed E-state index contributed by atoms with van der Waals surface area (Å²) in [5.41, 5.74) is -0.234. The molecule has 1 aliphatic carbocycles. The molecule has 0 unspecified atom stereocenters. The Balaban J connectivity index is 2.15. The molecule has 0 heterocycles. The Morgan fingerprint density at radius 3 is 2.13 bits per heavy atom. The van der Waals surface area contributed by atoms with Gasteiger partial charge in [0, 0.05) is 12.2 Å². The van der Waals surface area contributed by atoms with Crippen LogP contribution in [0.5, 0.6) is 0 Å². The molecule has 1 aromatic rings. The number of halogens is 4. The van der Waals surface area contributed by atoms with E-state index in [2.05, 4.69) is 0 Å². The number of amides is 1. The number of carbonyl (C=O) groups is 1. The Labute approximate surface area is 139 Å². The Bertz CT molecular complexity index is 508. The van der Waals surface area contributed by atoms with Crippen molar-refractivity contribution in [3.63, 3.8) is 0 Å². The van der Waals surface area contributed by atoms with Crippen molar-refractivity contribution in [2.75, 3.05) is 17.3 Å². The average molecular weight is 348 g/mol. The van der Waals surface area contributed by atoms with Gasteiger partial charge in [0.15, 0.2) is 0 Å². The zero-order chi connectivity index (χ0) is 16.9. The first-order valence-electron chi connectivity index (χ1n) is 7.95. The first-order chi connectivity index (χ1) is 10.9. The van der Waals surface area contributed by atoms with Crippen LogP contribution in [-0.4, -0.2) is 18.3 Å². The fourth-order valence-electron chi connectivity index (χ4n) is 3.06. The second-order valence-electron chi connectivity index (χ2n) is 6.04. The second kappa shape index (κ2) is 8.04. The van der Waals surface area contributed by atoms with Crippen molar-refractivity contribution in [3.8, 4) is 0 Å². The van der Waals surface area contributed by atoms with Gasteiger partial charge >= 0.3 is 6.18 Å². The van der Waals surface area contributed by atoms with Crippen LogP contribution in [0.15, 0.2) is 24.3 Å². The maximum Gasteiger partial charge on any atom is 0.416 e. The highest BCUT2D eigenvalue weighted by Crippen LogP contribution is 2.31. The summed E-state index contributed by atoms with van der Waals surface area (Å²) < 4.78 is 38.0. The van der Waals surface area contributed by atoms with Crippen molar-refractivity contribution >= 4 is 23.2 Å². The Morgan fingerprint density at radius 1 is 1.09 bits per heavy atom. The van der Waals surface area contributed by atoms with Crippen LogP contribution in [0.2, 0.25) is 0 Å². The monoisotopic (exact) mass is 347 g/mol. The predicted molar refractivity (Wildman–Crippen MR) is 85.7 cm³/mol. The van der Waals surface area contributed by atoms with E-state index in [4.69, 9.17) is 11.6 Å². The fourth-order valence-corrected chi connectivity index (χ4v) is 3.20. The van der Waals surface area contributed by atoms with Crippen LogP contribution >= 0.6 is 11.6 Å².